The molecule has 35 heavy (non-hydrogen) atoms. The van der Waals surface area contributed by atoms with Crippen molar-refractivity contribution in [2.75, 3.05) is 11.0 Å². The number of fused-ring (bicyclic) bond motifs is 1. The van der Waals surface area contributed by atoms with Gasteiger partial charge < -0.3 is 4.98 Å². The van der Waals surface area contributed by atoms with Crippen molar-refractivity contribution in [1.82, 2.24) is 15.2 Å². The summed E-state index contributed by atoms with van der Waals surface area (Å²) in [5.41, 5.74) is 7.31. The highest BCUT2D eigenvalue weighted by atomic mass is 35.5. The first-order chi connectivity index (χ1) is 16.9. The summed E-state index contributed by atoms with van der Waals surface area (Å²) in [6.45, 7) is 0. The second-order valence-corrected chi connectivity index (χ2v) is 10.6. The van der Waals surface area contributed by atoms with Crippen molar-refractivity contribution in [3.8, 4) is 22.5 Å². The number of nitrogens with one attached hydrogen (secondary N) is 2. The van der Waals surface area contributed by atoms with Crippen LogP contribution < -0.4 is 4.72 Å². The van der Waals surface area contributed by atoms with Gasteiger partial charge in [0, 0.05) is 38.4 Å². The SMILES string of the molecule is CS(=O)(=O)Nc1ccc(-c2ccc(-c3c(CCc4ccc(Cl)cc4)[nH]c4ccccc34)nn2)cc1. The van der Waals surface area contributed by atoms with Gasteiger partial charge in [-0.3, -0.25) is 4.72 Å². The van der Waals surface area contributed by atoms with E-state index >= 15 is 0 Å². The van der Waals surface area contributed by atoms with E-state index in [9.17, 15) is 8.42 Å². The number of anilines is 1. The van der Waals surface area contributed by atoms with E-state index in [2.05, 4.69) is 44.2 Å². The van der Waals surface area contributed by atoms with Crippen molar-refractivity contribution in [3.63, 3.8) is 0 Å². The van der Waals surface area contributed by atoms with Crippen molar-refractivity contribution in [2.24, 2.45) is 0 Å². The van der Waals surface area contributed by atoms with Gasteiger partial charge in [0.15, 0.2) is 0 Å². The Morgan fingerprint density at radius 3 is 2.20 bits per heavy atom. The Hall–Kier alpha value is -3.68. The Labute approximate surface area is 209 Å². The number of sulfonamides is 1. The molecular weight excluding hydrogens is 480 g/mol. The number of aromatic amines is 1. The summed E-state index contributed by atoms with van der Waals surface area (Å²) in [4.78, 5) is 3.57. The van der Waals surface area contributed by atoms with Gasteiger partial charge in [0.05, 0.1) is 17.6 Å². The van der Waals surface area contributed by atoms with Gasteiger partial charge in [-0.15, -0.1) is 10.2 Å². The lowest BCUT2D eigenvalue weighted by molar-refractivity contribution is 0.607. The molecule has 2 N–H and O–H groups in total. The van der Waals surface area contributed by atoms with Crippen LogP contribution in [0.4, 0.5) is 5.69 Å². The second-order valence-electron chi connectivity index (χ2n) is 8.41. The van der Waals surface area contributed by atoms with Gasteiger partial charge in [0.25, 0.3) is 0 Å². The molecule has 0 fully saturated rings. The van der Waals surface area contributed by atoms with E-state index in [1.807, 2.05) is 48.5 Å². The minimum Gasteiger partial charge on any atom is -0.358 e. The number of nitrogens with zero attached hydrogens (tertiary/aromatic N) is 2. The number of aromatic nitrogens is 3. The normalized spacial score (nSPS) is 11.6. The smallest absolute Gasteiger partial charge is 0.229 e. The quantitative estimate of drug-likeness (QED) is 0.281. The van der Waals surface area contributed by atoms with Gasteiger partial charge in [-0.2, -0.15) is 0 Å². The topological polar surface area (TPSA) is 87.7 Å². The largest absolute Gasteiger partial charge is 0.358 e. The van der Waals surface area contributed by atoms with E-state index in [-0.39, 0.29) is 0 Å². The molecule has 0 spiro atoms. The average Bonchev–Trinajstić information content (AvgIpc) is 3.22. The molecule has 176 valence electrons. The molecule has 0 saturated carbocycles. The summed E-state index contributed by atoms with van der Waals surface area (Å²) in [6, 6.07) is 27.1. The number of H-pyrrole nitrogens is 1. The van der Waals surface area contributed by atoms with Gasteiger partial charge in [0.1, 0.15) is 0 Å². The maximum atomic E-state index is 11.4. The third kappa shape index (κ3) is 5.37. The molecule has 3 aromatic carbocycles. The maximum absolute atomic E-state index is 11.4. The predicted molar refractivity (Wildman–Crippen MR) is 142 cm³/mol. The Morgan fingerprint density at radius 1 is 0.829 bits per heavy atom. The summed E-state index contributed by atoms with van der Waals surface area (Å²) in [6.07, 6.45) is 2.82. The minimum atomic E-state index is -3.32. The van der Waals surface area contributed by atoms with Gasteiger partial charge >= 0.3 is 0 Å². The van der Waals surface area contributed by atoms with Crippen LogP contribution in [0.15, 0.2) is 84.9 Å². The number of hydrogen-bond acceptors (Lipinski definition) is 4. The maximum Gasteiger partial charge on any atom is 0.229 e. The Morgan fingerprint density at radius 2 is 1.51 bits per heavy atom. The minimum absolute atomic E-state index is 0.505. The molecule has 2 aromatic heterocycles. The Kier molecular flexibility index (Phi) is 6.28. The van der Waals surface area contributed by atoms with E-state index in [4.69, 9.17) is 11.6 Å². The molecule has 8 heteroatoms. The fourth-order valence-electron chi connectivity index (χ4n) is 4.14. The molecule has 5 rings (SSSR count). The summed E-state index contributed by atoms with van der Waals surface area (Å²) < 4.78 is 25.3. The average molecular weight is 503 g/mol. The zero-order valence-electron chi connectivity index (χ0n) is 19.0. The van der Waals surface area contributed by atoms with Crippen molar-refractivity contribution in [3.05, 3.63) is 101 Å². The zero-order chi connectivity index (χ0) is 24.4. The molecule has 5 aromatic rings. The molecule has 0 aliphatic rings. The fraction of sp³-hybridized carbons (Fsp3) is 0.111. The van der Waals surface area contributed by atoms with Gasteiger partial charge in [-0.05, 0) is 60.9 Å². The number of rotatable bonds is 7. The first-order valence-corrected chi connectivity index (χ1v) is 13.4. The Bertz CT molecular complexity index is 1580. The highest BCUT2D eigenvalue weighted by Gasteiger charge is 2.15. The predicted octanol–water partition coefficient (Wildman–Crippen LogP) is 6.10. The summed E-state index contributed by atoms with van der Waals surface area (Å²) >= 11 is 6.03. The molecule has 0 unspecified atom stereocenters. The monoisotopic (exact) mass is 502 g/mol. The highest BCUT2D eigenvalue weighted by Crippen LogP contribution is 2.32. The van der Waals surface area contributed by atoms with Crippen LogP contribution in [0.1, 0.15) is 11.3 Å². The van der Waals surface area contributed by atoms with Crippen molar-refractivity contribution >= 4 is 38.2 Å². The molecule has 0 bridgehead atoms. The van der Waals surface area contributed by atoms with Crippen molar-refractivity contribution in [2.45, 2.75) is 12.8 Å². The molecular formula is C27H23ClN4O2S. The van der Waals surface area contributed by atoms with E-state index in [0.29, 0.717) is 11.4 Å². The van der Waals surface area contributed by atoms with Gasteiger partial charge in [-0.1, -0.05) is 54.1 Å². The van der Waals surface area contributed by atoms with Crippen LogP contribution in [0.25, 0.3) is 33.4 Å². The van der Waals surface area contributed by atoms with Crippen LogP contribution in [-0.2, 0) is 22.9 Å². The number of benzene rings is 3. The lowest BCUT2D eigenvalue weighted by Gasteiger charge is -2.07. The molecule has 0 atom stereocenters. The van der Waals surface area contributed by atoms with Gasteiger partial charge in [0.2, 0.25) is 10.0 Å². The molecule has 0 radical (unpaired) electrons. The van der Waals surface area contributed by atoms with Crippen molar-refractivity contribution in [1.29, 1.82) is 0 Å². The molecule has 2 heterocycles. The first-order valence-electron chi connectivity index (χ1n) is 11.1. The number of halogens is 1. The molecule has 0 saturated heterocycles. The van der Waals surface area contributed by atoms with E-state index < -0.39 is 10.0 Å². The Balaban J connectivity index is 1.43. The van der Waals surface area contributed by atoms with Crippen LogP contribution in [0.3, 0.4) is 0 Å². The lowest BCUT2D eigenvalue weighted by Crippen LogP contribution is -2.09. The highest BCUT2D eigenvalue weighted by molar-refractivity contribution is 7.92. The zero-order valence-corrected chi connectivity index (χ0v) is 20.6. The van der Waals surface area contributed by atoms with E-state index in [0.717, 1.165) is 57.5 Å². The van der Waals surface area contributed by atoms with E-state index in [1.165, 1.54) is 5.56 Å². The fourth-order valence-corrected chi connectivity index (χ4v) is 4.83. The number of aryl methyl sites for hydroxylation is 2. The first kappa shape index (κ1) is 23.1. The summed E-state index contributed by atoms with van der Waals surface area (Å²) in [7, 11) is -3.32. The van der Waals surface area contributed by atoms with Crippen LogP contribution >= 0.6 is 11.6 Å². The van der Waals surface area contributed by atoms with Crippen LogP contribution in [0.2, 0.25) is 5.02 Å². The lowest BCUT2D eigenvalue weighted by atomic mass is 10.0. The number of para-hydroxylation sites is 1. The van der Waals surface area contributed by atoms with Crippen molar-refractivity contribution < 1.29 is 8.42 Å². The molecule has 0 amide bonds. The van der Waals surface area contributed by atoms with Crippen LogP contribution in [0, 0.1) is 0 Å². The molecule has 0 aliphatic carbocycles. The number of hydrogen-bond donors (Lipinski definition) is 2. The third-order valence-corrected chi connectivity index (χ3v) is 6.62. The second kappa shape index (κ2) is 9.52. The van der Waals surface area contributed by atoms with Gasteiger partial charge in [-0.25, -0.2) is 8.42 Å². The van der Waals surface area contributed by atoms with Crippen LogP contribution in [0.5, 0.6) is 0 Å². The van der Waals surface area contributed by atoms with E-state index in [1.54, 1.807) is 12.1 Å². The standard InChI is InChI=1S/C27H23ClN4O2S/c1-35(33,34)32-21-13-9-19(10-14-21)23-16-17-26(31-30-23)27-22-4-2-3-5-24(22)29-25(27)15-8-18-6-11-20(28)12-7-18/h2-7,9-14,16-17,29,32H,8,15H2,1H3. The third-order valence-electron chi connectivity index (χ3n) is 5.77. The van der Waals surface area contributed by atoms with Crippen LogP contribution in [-0.4, -0.2) is 29.9 Å². The summed E-state index contributed by atoms with van der Waals surface area (Å²) in [5, 5.41) is 10.9. The molecule has 0 aliphatic heterocycles. The summed E-state index contributed by atoms with van der Waals surface area (Å²) in [5.74, 6) is 0. The molecule has 6 nitrogen and oxygen atoms in total.